The molecule has 10 heteroatoms. The number of nitrogens with zero attached hydrogens (tertiary/aromatic N) is 2. The standard InChI is InChI=1S/C20H26N4O6/c25-18(22-10-9-21-15-5-7-17(8-6-15)24(28)29)13-30-20(27)14-11-19(26)23(12-14)16-3-1-2-4-16/h5-8,14,16,21H,1-4,9-13H2,(H,22,25)/t14-/m1/s1. The van der Waals surface area contributed by atoms with E-state index in [4.69, 9.17) is 4.74 Å². The second kappa shape index (κ2) is 10.0. The summed E-state index contributed by atoms with van der Waals surface area (Å²) < 4.78 is 5.08. The summed E-state index contributed by atoms with van der Waals surface area (Å²) in [7, 11) is 0. The van der Waals surface area contributed by atoms with Gasteiger partial charge >= 0.3 is 5.97 Å². The lowest BCUT2D eigenvalue weighted by molar-refractivity contribution is -0.384. The van der Waals surface area contributed by atoms with Gasteiger partial charge in [-0.15, -0.1) is 0 Å². The molecule has 3 rings (SSSR count). The molecule has 30 heavy (non-hydrogen) atoms. The Bertz CT molecular complexity index is 791. The molecule has 0 aromatic heterocycles. The number of likely N-dealkylation sites (tertiary alicyclic amines) is 1. The lowest BCUT2D eigenvalue weighted by Crippen LogP contribution is -2.36. The SMILES string of the molecule is O=C(COC(=O)[C@@H]1CC(=O)N(C2CCCC2)C1)NCCNc1ccc([N+](=O)[O-])cc1. The van der Waals surface area contributed by atoms with Crippen molar-refractivity contribution in [3.8, 4) is 0 Å². The highest BCUT2D eigenvalue weighted by Crippen LogP contribution is 2.29. The number of esters is 1. The minimum Gasteiger partial charge on any atom is -0.455 e. The summed E-state index contributed by atoms with van der Waals surface area (Å²) in [5.74, 6) is -1.45. The van der Waals surface area contributed by atoms with Crippen LogP contribution in [-0.2, 0) is 19.1 Å². The van der Waals surface area contributed by atoms with Crippen LogP contribution in [0.2, 0.25) is 0 Å². The molecule has 0 radical (unpaired) electrons. The molecular formula is C20H26N4O6. The average molecular weight is 418 g/mol. The van der Waals surface area contributed by atoms with Crippen molar-refractivity contribution < 1.29 is 24.0 Å². The van der Waals surface area contributed by atoms with Crippen molar-refractivity contribution in [3.05, 3.63) is 34.4 Å². The number of benzene rings is 1. The van der Waals surface area contributed by atoms with Crippen LogP contribution in [0.1, 0.15) is 32.1 Å². The molecule has 1 aromatic carbocycles. The highest BCUT2D eigenvalue weighted by molar-refractivity contribution is 5.88. The van der Waals surface area contributed by atoms with E-state index in [-0.39, 0.29) is 30.7 Å². The second-order valence-electron chi connectivity index (χ2n) is 7.57. The number of ether oxygens (including phenoxy) is 1. The van der Waals surface area contributed by atoms with Crippen molar-refractivity contribution in [2.24, 2.45) is 5.92 Å². The summed E-state index contributed by atoms with van der Waals surface area (Å²) in [4.78, 5) is 48.2. The van der Waals surface area contributed by atoms with Crippen LogP contribution in [0.4, 0.5) is 11.4 Å². The van der Waals surface area contributed by atoms with Crippen LogP contribution in [0, 0.1) is 16.0 Å². The van der Waals surface area contributed by atoms with E-state index >= 15 is 0 Å². The van der Waals surface area contributed by atoms with Gasteiger partial charge in [0.15, 0.2) is 6.61 Å². The lowest BCUT2D eigenvalue weighted by atomic mass is 10.1. The van der Waals surface area contributed by atoms with Crippen LogP contribution in [0.15, 0.2) is 24.3 Å². The monoisotopic (exact) mass is 418 g/mol. The summed E-state index contributed by atoms with van der Waals surface area (Å²) in [6.07, 6.45) is 4.36. The van der Waals surface area contributed by atoms with Gasteiger partial charge in [0, 0.05) is 49.9 Å². The molecule has 1 aliphatic heterocycles. The Hall–Kier alpha value is -3.17. The number of amides is 2. The highest BCUT2D eigenvalue weighted by atomic mass is 16.6. The van der Waals surface area contributed by atoms with Crippen molar-refractivity contribution >= 4 is 29.2 Å². The van der Waals surface area contributed by atoms with Gasteiger partial charge in [-0.05, 0) is 25.0 Å². The number of carbonyl (C=O) groups is 3. The molecule has 1 heterocycles. The maximum atomic E-state index is 12.2. The van der Waals surface area contributed by atoms with Gasteiger partial charge in [0.2, 0.25) is 5.91 Å². The summed E-state index contributed by atoms with van der Waals surface area (Å²) >= 11 is 0. The number of nitro benzene ring substituents is 1. The zero-order valence-corrected chi connectivity index (χ0v) is 16.7. The number of rotatable bonds is 9. The van der Waals surface area contributed by atoms with Crippen molar-refractivity contribution in [2.45, 2.75) is 38.1 Å². The molecular weight excluding hydrogens is 392 g/mol. The minimum atomic E-state index is -0.511. The lowest BCUT2D eigenvalue weighted by Gasteiger charge is -2.23. The Balaban J connectivity index is 1.31. The number of non-ortho nitro benzene ring substituents is 1. The first-order valence-electron chi connectivity index (χ1n) is 10.1. The van der Waals surface area contributed by atoms with E-state index in [1.54, 1.807) is 17.0 Å². The van der Waals surface area contributed by atoms with E-state index < -0.39 is 22.7 Å². The van der Waals surface area contributed by atoms with Crippen LogP contribution < -0.4 is 10.6 Å². The van der Waals surface area contributed by atoms with Crippen molar-refractivity contribution in [1.29, 1.82) is 0 Å². The minimum absolute atomic E-state index is 0.00555. The second-order valence-corrected chi connectivity index (χ2v) is 7.57. The fraction of sp³-hybridized carbons (Fsp3) is 0.550. The van der Waals surface area contributed by atoms with Crippen molar-refractivity contribution in [2.75, 3.05) is 31.6 Å². The maximum Gasteiger partial charge on any atom is 0.311 e. The molecule has 1 aromatic rings. The smallest absolute Gasteiger partial charge is 0.311 e. The largest absolute Gasteiger partial charge is 0.455 e. The zero-order chi connectivity index (χ0) is 21.5. The van der Waals surface area contributed by atoms with E-state index in [1.165, 1.54) is 12.1 Å². The van der Waals surface area contributed by atoms with Gasteiger partial charge in [-0.2, -0.15) is 0 Å². The fourth-order valence-corrected chi connectivity index (χ4v) is 3.87. The van der Waals surface area contributed by atoms with Gasteiger partial charge in [0.1, 0.15) is 0 Å². The molecule has 0 unspecified atom stereocenters. The van der Waals surface area contributed by atoms with Gasteiger partial charge in [-0.1, -0.05) is 12.8 Å². The van der Waals surface area contributed by atoms with Gasteiger partial charge in [0.25, 0.3) is 11.6 Å². The van der Waals surface area contributed by atoms with E-state index in [1.807, 2.05) is 0 Å². The molecule has 0 bridgehead atoms. The molecule has 2 fully saturated rings. The average Bonchev–Trinajstić information content (AvgIpc) is 3.39. The molecule has 1 saturated carbocycles. The van der Waals surface area contributed by atoms with Gasteiger partial charge < -0.3 is 20.3 Å². The fourth-order valence-electron chi connectivity index (χ4n) is 3.87. The predicted molar refractivity (Wildman–Crippen MR) is 108 cm³/mol. The Labute approximate surface area is 174 Å². The Morgan fingerprint density at radius 3 is 2.53 bits per heavy atom. The third kappa shape index (κ3) is 5.68. The van der Waals surface area contributed by atoms with Crippen LogP contribution in [0.5, 0.6) is 0 Å². The summed E-state index contributed by atoms with van der Waals surface area (Å²) in [6, 6.07) is 6.19. The number of hydrogen-bond donors (Lipinski definition) is 2. The number of hydrogen-bond acceptors (Lipinski definition) is 7. The maximum absolute atomic E-state index is 12.2. The predicted octanol–water partition coefficient (Wildman–Crippen LogP) is 1.46. The van der Waals surface area contributed by atoms with E-state index in [0.717, 1.165) is 25.7 Å². The summed E-state index contributed by atoms with van der Waals surface area (Å²) in [5.41, 5.74) is 0.699. The molecule has 2 aliphatic rings. The highest BCUT2D eigenvalue weighted by Gasteiger charge is 2.39. The molecule has 2 N–H and O–H groups in total. The molecule has 162 valence electrons. The third-order valence-electron chi connectivity index (χ3n) is 5.46. The summed E-state index contributed by atoms with van der Waals surface area (Å²) in [5, 5.41) is 16.3. The van der Waals surface area contributed by atoms with Gasteiger partial charge in [0.05, 0.1) is 10.8 Å². The van der Waals surface area contributed by atoms with Gasteiger partial charge in [-0.3, -0.25) is 24.5 Å². The van der Waals surface area contributed by atoms with Crippen LogP contribution in [0.3, 0.4) is 0 Å². The molecule has 1 aliphatic carbocycles. The quantitative estimate of drug-likeness (QED) is 0.269. The van der Waals surface area contributed by atoms with Crippen LogP contribution in [0.25, 0.3) is 0 Å². The first-order valence-corrected chi connectivity index (χ1v) is 10.1. The molecule has 10 nitrogen and oxygen atoms in total. The first kappa shape index (κ1) is 21.5. The molecule has 2 amide bonds. The van der Waals surface area contributed by atoms with Gasteiger partial charge in [-0.25, -0.2) is 0 Å². The normalized spacial score (nSPS) is 19.0. The van der Waals surface area contributed by atoms with Crippen LogP contribution in [-0.4, -0.2) is 59.9 Å². The summed E-state index contributed by atoms with van der Waals surface area (Å²) in [6.45, 7) is 0.698. The number of anilines is 1. The first-order chi connectivity index (χ1) is 14.4. The molecule has 1 atom stereocenters. The van der Waals surface area contributed by atoms with Crippen molar-refractivity contribution in [3.63, 3.8) is 0 Å². The van der Waals surface area contributed by atoms with E-state index in [0.29, 0.717) is 25.3 Å². The van der Waals surface area contributed by atoms with E-state index in [9.17, 15) is 24.5 Å². The molecule has 0 spiro atoms. The third-order valence-corrected chi connectivity index (χ3v) is 5.46. The van der Waals surface area contributed by atoms with Crippen LogP contribution >= 0.6 is 0 Å². The zero-order valence-electron chi connectivity index (χ0n) is 16.7. The van der Waals surface area contributed by atoms with Crippen molar-refractivity contribution in [1.82, 2.24) is 10.2 Å². The Morgan fingerprint density at radius 2 is 1.87 bits per heavy atom. The topological polar surface area (TPSA) is 131 Å². The Kier molecular flexibility index (Phi) is 7.21. The number of nitro groups is 1. The Morgan fingerprint density at radius 1 is 1.17 bits per heavy atom. The number of carbonyl (C=O) groups excluding carboxylic acids is 3. The van der Waals surface area contributed by atoms with E-state index in [2.05, 4.69) is 10.6 Å². The number of nitrogens with one attached hydrogen (secondary N) is 2. The molecule has 1 saturated heterocycles.